The van der Waals surface area contributed by atoms with Crippen molar-refractivity contribution in [3.05, 3.63) is 22.8 Å². The molecule has 0 aromatic rings. The first-order valence-corrected chi connectivity index (χ1v) is 19.7. The predicted molar refractivity (Wildman–Crippen MR) is 155 cm³/mol. The maximum Gasteiger partial charge on any atom is 0.192 e. The van der Waals surface area contributed by atoms with Crippen LogP contribution in [0.15, 0.2) is 22.8 Å². The van der Waals surface area contributed by atoms with Crippen molar-refractivity contribution in [3.8, 4) is 0 Å². The van der Waals surface area contributed by atoms with Crippen molar-refractivity contribution < 1.29 is 12.8 Å². The van der Waals surface area contributed by atoms with Crippen molar-refractivity contribution in [1.29, 1.82) is 0 Å². The zero-order valence-electron chi connectivity index (χ0n) is 22.5. The molecule has 6 heteroatoms. The van der Waals surface area contributed by atoms with Crippen molar-refractivity contribution in [2.45, 2.75) is 115 Å². The summed E-state index contributed by atoms with van der Waals surface area (Å²) in [6.45, 7) is 16.4. The van der Waals surface area contributed by atoms with E-state index in [1.54, 1.807) is 0 Å². The third-order valence-corrected chi connectivity index (χ3v) is 18.2. The third kappa shape index (κ3) is 4.92. The Morgan fingerprint density at radius 2 is 1.91 bits per heavy atom. The largest absolute Gasteiger partial charge is 0.414 e. The predicted octanol–water partition coefficient (Wildman–Crippen LogP) is 7.87. The van der Waals surface area contributed by atoms with Gasteiger partial charge in [-0.3, -0.25) is 0 Å². The van der Waals surface area contributed by atoms with E-state index in [1.165, 1.54) is 46.8 Å². The van der Waals surface area contributed by atoms with Crippen molar-refractivity contribution >= 4 is 40.7 Å². The van der Waals surface area contributed by atoms with Gasteiger partial charge in [-0.2, -0.15) is 0 Å². The number of hydrogen-bond donors (Lipinski definition) is 0. The molecule has 0 aromatic carbocycles. The third-order valence-electron chi connectivity index (χ3n) is 10.4. The summed E-state index contributed by atoms with van der Waals surface area (Å²) < 4.78 is 34.8. The highest BCUT2D eigenvalue weighted by atomic mass is 127. The van der Waals surface area contributed by atoms with Gasteiger partial charge in [-0.15, -0.1) is 0 Å². The van der Waals surface area contributed by atoms with Gasteiger partial charge in [-0.05, 0) is 98.2 Å². The van der Waals surface area contributed by atoms with Crippen LogP contribution in [0.3, 0.4) is 0 Å². The number of halogens is 1. The Morgan fingerprint density at radius 3 is 2.56 bits per heavy atom. The van der Waals surface area contributed by atoms with Crippen LogP contribution in [0.4, 0.5) is 0 Å². The van der Waals surface area contributed by atoms with Crippen molar-refractivity contribution in [1.82, 2.24) is 0 Å². The van der Waals surface area contributed by atoms with Crippen LogP contribution in [-0.2, 0) is 14.3 Å². The van der Waals surface area contributed by atoms with E-state index >= 15 is 0 Å². The highest BCUT2D eigenvalue weighted by Crippen LogP contribution is 2.60. The molecular formula is C28H47IO3SSi. The Hall–Kier alpha value is 0.337. The quantitative estimate of drug-likeness (QED) is 0.136. The average molecular weight is 619 g/mol. The van der Waals surface area contributed by atoms with Gasteiger partial charge in [0, 0.05) is 10.5 Å². The fraction of sp³-hybridized carbons (Fsp3) is 0.857. The number of alkyl halides is 1. The number of sulfone groups is 1. The number of hydrogen-bond acceptors (Lipinski definition) is 3. The van der Waals surface area contributed by atoms with E-state index in [0.29, 0.717) is 11.3 Å². The summed E-state index contributed by atoms with van der Waals surface area (Å²) >= 11 is 2.55. The Kier molecular flexibility index (Phi) is 7.71. The number of rotatable bonds is 5. The summed E-state index contributed by atoms with van der Waals surface area (Å²) in [5.74, 6) is 2.36. The second-order valence-electron chi connectivity index (χ2n) is 13.6. The minimum Gasteiger partial charge on any atom is -0.414 e. The molecule has 1 heterocycles. The number of fused-ring (bicyclic) bond motifs is 1. The van der Waals surface area contributed by atoms with Gasteiger partial charge in [-0.1, -0.05) is 74.4 Å². The SMILES string of the molecule is C[C@H](CI)[C@H]1CC[C@@H]2/C(=C/[C@H]3C4=C(CC[C@H](O[Si](C)(C)C(C)(C)C)C4)CS3(=O)=O)CCC[C@@]21C. The van der Waals surface area contributed by atoms with E-state index in [9.17, 15) is 8.42 Å². The lowest BCUT2D eigenvalue weighted by Gasteiger charge is -2.44. The van der Waals surface area contributed by atoms with E-state index in [4.69, 9.17) is 4.43 Å². The minimum absolute atomic E-state index is 0.172. The molecule has 0 saturated heterocycles. The van der Waals surface area contributed by atoms with Crippen molar-refractivity contribution in [3.63, 3.8) is 0 Å². The Morgan fingerprint density at radius 1 is 1.21 bits per heavy atom. The molecule has 3 aliphatic carbocycles. The van der Waals surface area contributed by atoms with Crippen molar-refractivity contribution in [2.24, 2.45) is 23.2 Å². The van der Waals surface area contributed by atoms with Gasteiger partial charge in [0.15, 0.2) is 18.2 Å². The van der Waals surface area contributed by atoms with E-state index in [2.05, 4.69) is 76.4 Å². The molecule has 1 aliphatic heterocycles. The molecule has 4 aliphatic rings. The molecule has 6 atom stereocenters. The molecule has 4 rings (SSSR count). The fourth-order valence-electron chi connectivity index (χ4n) is 7.43. The van der Waals surface area contributed by atoms with Crippen LogP contribution < -0.4 is 0 Å². The molecule has 34 heavy (non-hydrogen) atoms. The van der Waals surface area contributed by atoms with Crippen LogP contribution in [0.1, 0.15) is 86.0 Å². The van der Waals surface area contributed by atoms with Crippen LogP contribution in [0, 0.1) is 23.2 Å². The lowest BCUT2D eigenvalue weighted by atomic mass is 9.61. The highest BCUT2D eigenvalue weighted by Gasteiger charge is 2.51. The average Bonchev–Trinajstić information content (AvgIpc) is 3.20. The second-order valence-corrected chi connectivity index (χ2v) is 21.3. The molecule has 2 fully saturated rings. The van der Waals surface area contributed by atoms with Crippen LogP contribution >= 0.6 is 22.6 Å². The zero-order valence-corrected chi connectivity index (χ0v) is 26.5. The molecule has 0 unspecified atom stereocenters. The Bertz CT molecular complexity index is 961. The molecule has 3 nitrogen and oxygen atoms in total. The Balaban J connectivity index is 1.59. The zero-order chi connectivity index (χ0) is 25.1. The van der Waals surface area contributed by atoms with E-state index in [0.717, 1.165) is 37.5 Å². The van der Waals surface area contributed by atoms with E-state index in [1.807, 2.05) is 0 Å². The summed E-state index contributed by atoms with van der Waals surface area (Å²) in [4.78, 5) is 0. The summed E-state index contributed by atoms with van der Waals surface area (Å²) in [5, 5.41) is -0.224. The first kappa shape index (κ1) is 27.4. The molecule has 194 valence electrons. The van der Waals surface area contributed by atoms with Crippen LogP contribution in [-0.4, -0.2) is 38.3 Å². The maximum atomic E-state index is 13.4. The normalized spacial score (nSPS) is 38.2. The molecule has 0 aromatic heterocycles. The molecule has 2 saturated carbocycles. The standard InChI is InChI=1S/C28H47IO3SSi/c1-19(17-29)24-12-13-25-20(9-8-14-28(24,25)5)15-26-23-16-22(32-34(6,7)27(2,3)4)11-10-21(23)18-33(26,30)31/h15,19,22,24-26H,8-14,16-18H2,1-7H3/b20-15+/t19-,22+,24-,25-,26+,28-/m1/s1. The molecule has 0 N–H and O–H groups in total. The molecule has 0 bridgehead atoms. The summed E-state index contributed by atoms with van der Waals surface area (Å²) in [6, 6.07) is 0. The van der Waals surface area contributed by atoms with Gasteiger partial charge in [0.1, 0.15) is 5.25 Å². The smallest absolute Gasteiger partial charge is 0.192 e. The molecule has 0 radical (unpaired) electrons. The Labute approximate surface area is 224 Å². The van der Waals surface area contributed by atoms with Gasteiger partial charge in [0.2, 0.25) is 0 Å². The topological polar surface area (TPSA) is 43.4 Å². The lowest BCUT2D eigenvalue weighted by Crippen LogP contribution is -2.44. The maximum absolute atomic E-state index is 13.4. The molecular weight excluding hydrogens is 571 g/mol. The van der Waals surface area contributed by atoms with Gasteiger partial charge < -0.3 is 4.43 Å². The van der Waals surface area contributed by atoms with Crippen LogP contribution in [0.2, 0.25) is 18.1 Å². The summed E-state index contributed by atoms with van der Waals surface area (Å²) in [7, 11) is -5.02. The van der Waals surface area contributed by atoms with E-state index < -0.39 is 23.4 Å². The summed E-state index contributed by atoms with van der Waals surface area (Å²) in [5.41, 5.74) is 4.21. The van der Waals surface area contributed by atoms with Crippen LogP contribution in [0.5, 0.6) is 0 Å². The summed E-state index contributed by atoms with van der Waals surface area (Å²) in [6.07, 6.45) is 11.2. The number of allylic oxidation sites excluding steroid dienone is 1. The van der Waals surface area contributed by atoms with Gasteiger partial charge in [0.25, 0.3) is 0 Å². The molecule has 0 spiro atoms. The lowest BCUT2D eigenvalue weighted by molar-refractivity contribution is 0.106. The van der Waals surface area contributed by atoms with E-state index in [-0.39, 0.29) is 16.9 Å². The molecule has 0 amide bonds. The van der Waals surface area contributed by atoms with Crippen molar-refractivity contribution in [2.75, 3.05) is 10.2 Å². The van der Waals surface area contributed by atoms with Gasteiger partial charge in [-0.25, -0.2) is 8.42 Å². The van der Waals surface area contributed by atoms with Gasteiger partial charge in [0.05, 0.1) is 5.75 Å². The first-order valence-electron chi connectivity index (χ1n) is 13.6. The van der Waals surface area contributed by atoms with Crippen LogP contribution in [0.25, 0.3) is 0 Å². The highest BCUT2D eigenvalue weighted by molar-refractivity contribution is 14.1. The first-order chi connectivity index (χ1) is 15.7. The second kappa shape index (κ2) is 9.58. The van der Waals surface area contributed by atoms with Gasteiger partial charge >= 0.3 is 0 Å². The minimum atomic E-state index is -3.14. The monoisotopic (exact) mass is 618 g/mol. The fourth-order valence-corrected chi connectivity index (χ4v) is 11.5.